The molecular weight excluding hydrogens is 448 g/mol. The highest BCUT2D eigenvalue weighted by molar-refractivity contribution is 7.20. The van der Waals surface area contributed by atoms with Crippen LogP contribution in [-0.2, 0) is 4.79 Å². The van der Waals surface area contributed by atoms with E-state index >= 15 is 0 Å². The lowest BCUT2D eigenvalue weighted by Gasteiger charge is -2.25. The van der Waals surface area contributed by atoms with Gasteiger partial charge in [-0.15, -0.1) is 0 Å². The Morgan fingerprint density at radius 1 is 1.15 bits per heavy atom. The number of thiazole rings is 1. The highest BCUT2D eigenvalue weighted by atomic mass is 32.1. The molecule has 176 valence electrons. The van der Waals surface area contributed by atoms with E-state index in [0.29, 0.717) is 31.2 Å². The van der Waals surface area contributed by atoms with E-state index in [4.69, 9.17) is 19.6 Å². The van der Waals surface area contributed by atoms with Gasteiger partial charge in [-0.3, -0.25) is 4.79 Å². The fraction of sp³-hybridized carbons (Fsp3) is 0.346. The summed E-state index contributed by atoms with van der Waals surface area (Å²) in [5, 5.41) is 8.57. The third-order valence-electron chi connectivity index (χ3n) is 5.99. The Labute approximate surface area is 202 Å². The van der Waals surface area contributed by atoms with Gasteiger partial charge in [-0.1, -0.05) is 42.9 Å². The highest BCUT2D eigenvalue weighted by Crippen LogP contribution is 2.43. The number of anilines is 1. The predicted octanol–water partition coefficient (Wildman–Crippen LogP) is 5.84. The number of ether oxygens (including phenoxy) is 2. The van der Waals surface area contributed by atoms with Gasteiger partial charge in [0.2, 0.25) is 11.0 Å². The Kier molecular flexibility index (Phi) is 6.24. The quantitative estimate of drug-likeness (QED) is 0.323. The van der Waals surface area contributed by atoms with Gasteiger partial charge in [-0.25, -0.2) is 4.98 Å². The SMILES string of the molecule is CCCCOc1ccc([C@@H]2CC(=O)Nc3c2c(C)nn3-c2nc3ccccc3s2)cc1OCC. The van der Waals surface area contributed by atoms with E-state index in [1.54, 1.807) is 16.0 Å². The Morgan fingerprint density at radius 2 is 2.00 bits per heavy atom. The van der Waals surface area contributed by atoms with Crippen LogP contribution in [0.5, 0.6) is 11.5 Å². The van der Waals surface area contributed by atoms with Crippen LogP contribution in [0.4, 0.5) is 5.82 Å². The van der Waals surface area contributed by atoms with Crippen molar-refractivity contribution in [2.45, 2.75) is 46.0 Å². The van der Waals surface area contributed by atoms with Crippen molar-refractivity contribution >= 4 is 33.3 Å². The molecule has 0 radical (unpaired) electrons. The van der Waals surface area contributed by atoms with Crippen molar-refractivity contribution in [3.8, 4) is 16.6 Å². The molecule has 0 unspecified atom stereocenters. The number of benzene rings is 2. The molecule has 7 nitrogen and oxygen atoms in total. The smallest absolute Gasteiger partial charge is 0.226 e. The van der Waals surface area contributed by atoms with Crippen molar-refractivity contribution in [3.63, 3.8) is 0 Å². The maximum atomic E-state index is 12.8. The molecule has 8 heteroatoms. The van der Waals surface area contributed by atoms with E-state index in [9.17, 15) is 4.79 Å². The largest absolute Gasteiger partial charge is 0.490 e. The number of nitrogens with one attached hydrogen (secondary N) is 1. The molecule has 0 fully saturated rings. The number of nitrogens with zero attached hydrogens (tertiary/aromatic N) is 3. The van der Waals surface area contributed by atoms with Crippen LogP contribution in [0.15, 0.2) is 42.5 Å². The number of rotatable bonds is 8. The monoisotopic (exact) mass is 476 g/mol. The number of hydrogen-bond donors (Lipinski definition) is 1. The van der Waals surface area contributed by atoms with E-state index in [0.717, 1.165) is 50.8 Å². The molecular formula is C26H28N4O3S. The number of aryl methyl sites for hydroxylation is 1. The van der Waals surface area contributed by atoms with Crippen LogP contribution in [0.3, 0.4) is 0 Å². The van der Waals surface area contributed by atoms with E-state index in [-0.39, 0.29) is 11.8 Å². The van der Waals surface area contributed by atoms with Gasteiger partial charge in [0.1, 0.15) is 5.82 Å². The van der Waals surface area contributed by atoms with Crippen LogP contribution in [0.1, 0.15) is 55.8 Å². The molecule has 5 rings (SSSR count). The minimum absolute atomic E-state index is 0.0407. The van der Waals surface area contributed by atoms with E-state index in [1.807, 2.05) is 56.3 Å². The first-order valence-corrected chi connectivity index (χ1v) is 12.6. The summed E-state index contributed by atoms with van der Waals surface area (Å²) in [4.78, 5) is 17.5. The molecule has 0 bridgehead atoms. The number of aromatic nitrogens is 3. The fourth-order valence-electron chi connectivity index (χ4n) is 4.38. The molecule has 2 aromatic heterocycles. The second-order valence-electron chi connectivity index (χ2n) is 8.37. The lowest BCUT2D eigenvalue weighted by atomic mass is 9.85. The molecule has 0 saturated heterocycles. The van der Waals surface area contributed by atoms with Crippen molar-refractivity contribution in [2.24, 2.45) is 0 Å². The Morgan fingerprint density at radius 3 is 2.79 bits per heavy atom. The molecule has 1 aliphatic heterocycles. The first-order chi connectivity index (χ1) is 16.6. The standard InChI is InChI=1S/C26H28N4O3S/c1-4-6-13-33-20-12-11-17(14-21(20)32-5-2)18-15-23(31)28-25-24(18)16(3)29-30(25)26-27-19-9-7-8-10-22(19)34-26/h7-12,14,18H,4-6,13,15H2,1-3H3,(H,28,31)/t18-/m0/s1. The molecule has 34 heavy (non-hydrogen) atoms. The van der Waals surface area contributed by atoms with Gasteiger partial charge in [-0.05, 0) is 50.1 Å². The van der Waals surface area contributed by atoms with Gasteiger partial charge < -0.3 is 14.8 Å². The van der Waals surface area contributed by atoms with Gasteiger partial charge in [0.15, 0.2) is 11.5 Å². The molecule has 1 amide bonds. The van der Waals surface area contributed by atoms with Crippen LogP contribution in [0.25, 0.3) is 15.3 Å². The predicted molar refractivity (Wildman–Crippen MR) is 135 cm³/mol. The van der Waals surface area contributed by atoms with Crippen molar-refractivity contribution < 1.29 is 14.3 Å². The van der Waals surface area contributed by atoms with Crippen molar-refractivity contribution in [1.82, 2.24) is 14.8 Å². The second kappa shape index (κ2) is 9.46. The first kappa shape index (κ1) is 22.4. The summed E-state index contributed by atoms with van der Waals surface area (Å²) >= 11 is 1.56. The lowest BCUT2D eigenvalue weighted by Crippen LogP contribution is -2.25. The van der Waals surface area contributed by atoms with Crippen LogP contribution >= 0.6 is 11.3 Å². The summed E-state index contributed by atoms with van der Waals surface area (Å²) in [6.07, 6.45) is 2.41. The average molecular weight is 477 g/mol. The van der Waals surface area contributed by atoms with Crippen molar-refractivity contribution in [1.29, 1.82) is 0 Å². The number of para-hydroxylation sites is 1. The maximum Gasteiger partial charge on any atom is 0.226 e. The molecule has 2 aromatic carbocycles. The van der Waals surface area contributed by atoms with Crippen molar-refractivity contribution in [2.75, 3.05) is 18.5 Å². The third kappa shape index (κ3) is 4.14. The first-order valence-electron chi connectivity index (χ1n) is 11.7. The van der Waals surface area contributed by atoms with Crippen molar-refractivity contribution in [3.05, 3.63) is 59.3 Å². The minimum Gasteiger partial charge on any atom is -0.490 e. The number of unbranched alkanes of at least 4 members (excludes halogenated alkanes) is 1. The number of carbonyl (C=O) groups is 1. The normalized spacial score (nSPS) is 15.3. The summed E-state index contributed by atoms with van der Waals surface area (Å²) in [5.41, 5.74) is 3.82. The third-order valence-corrected chi connectivity index (χ3v) is 7.00. The molecule has 1 aliphatic rings. The molecule has 1 N–H and O–H groups in total. The molecule has 0 saturated carbocycles. The molecule has 4 aromatic rings. The number of amides is 1. The zero-order valence-corrected chi connectivity index (χ0v) is 20.4. The van der Waals surface area contributed by atoms with Gasteiger partial charge >= 0.3 is 0 Å². The minimum atomic E-state index is -0.129. The van der Waals surface area contributed by atoms with Gasteiger partial charge in [0.05, 0.1) is 29.1 Å². The lowest BCUT2D eigenvalue weighted by molar-refractivity contribution is -0.116. The molecule has 0 spiro atoms. The van der Waals surface area contributed by atoms with Gasteiger partial charge in [0.25, 0.3) is 0 Å². The van der Waals surface area contributed by atoms with Gasteiger partial charge in [-0.2, -0.15) is 9.78 Å². The van der Waals surface area contributed by atoms with Crippen LogP contribution < -0.4 is 14.8 Å². The highest BCUT2D eigenvalue weighted by Gasteiger charge is 2.33. The molecule has 3 heterocycles. The molecule has 1 atom stereocenters. The molecule has 0 aliphatic carbocycles. The number of carbonyl (C=O) groups excluding carboxylic acids is 1. The topological polar surface area (TPSA) is 78.3 Å². The number of fused-ring (bicyclic) bond motifs is 2. The Hall–Kier alpha value is -3.39. The Balaban J connectivity index is 1.55. The summed E-state index contributed by atoms with van der Waals surface area (Å²) < 4.78 is 14.7. The summed E-state index contributed by atoms with van der Waals surface area (Å²) in [5.74, 6) is 1.97. The summed E-state index contributed by atoms with van der Waals surface area (Å²) in [6, 6.07) is 14.0. The zero-order valence-electron chi connectivity index (χ0n) is 19.6. The van der Waals surface area contributed by atoms with Crippen LogP contribution in [0.2, 0.25) is 0 Å². The van der Waals surface area contributed by atoms with Crippen LogP contribution in [0, 0.1) is 6.92 Å². The summed E-state index contributed by atoms with van der Waals surface area (Å²) in [6.45, 7) is 7.27. The average Bonchev–Trinajstić information content (AvgIpc) is 3.40. The maximum absolute atomic E-state index is 12.8. The summed E-state index contributed by atoms with van der Waals surface area (Å²) in [7, 11) is 0. The zero-order chi connectivity index (χ0) is 23.7. The van der Waals surface area contributed by atoms with E-state index in [1.165, 1.54) is 0 Å². The van der Waals surface area contributed by atoms with Gasteiger partial charge in [0, 0.05) is 17.9 Å². The Bertz CT molecular complexity index is 1310. The number of hydrogen-bond acceptors (Lipinski definition) is 6. The van der Waals surface area contributed by atoms with E-state index in [2.05, 4.69) is 12.2 Å². The fourth-order valence-corrected chi connectivity index (χ4v) is 5.30. The second-order valence-corrected chi connectivity index (χ2v) is 9.38. The van der Waals surface area contributed by atoms with Crippen LogP contribution in [-0.4, -0.2) is 33.9 Å². The van der Waals surface area contributed by atoms with E-state index < -0.39 is 0 Å².